The van der Waals surface area contributed by atoms with Crippen molar-refractivity contribution in [1.29, 1.82) is 0 Å². The molecule has 1 aliphatic heterocycles. The molecule has 2 aromatic rings. The molecule has 4 heteroatoms. The van der Waals surface area contributed by atoms with Gasteiger partial charge in [0.05, 0.1) is 11.8 Å². The van der Waals surface area contributed by atoms with Crippen molar-refractivity contribution in [2.24, 2.45) is 4.99 Å². The van der Waals surface area contributed by atoms with Gasteiger partial charge in [-0.25, -0.2) is 0 Å². The Morgan fingerprint density at radius 1 is 1.22 bits per heavy atom. The Morgan fingerprint density at radius 3 is 2.87 bits per heavy atom. The summed E-state index contributed by atoms with van der Waals surface area (Å²) in [6.45, 7) is 4.01. The number of aliphatic imine (C=N–C) groups is 1. The number of ether oxygens (including phenoxy) is 1. The molecule has 23 heavy (non-hydrogen) atoms. The lowest BCUT2D eigenvalue weighted by molar-refractivity contribution is -0.122. The predicted molar refractivity (Wildman–Crippen MR) is 92.3 cm³/mol. The molecular formula is C19H20N2O2. The number of hydrogen-bond donors (Lipinski definition) is 1. The summed E-state index contributed by atoms with van der Waals surface area (Å²) in [5.41, 5.74) is 4.90. The van der Waals surface area contributed by atoms with E-state index in [1.807, 2.05) is 62.4 Å². The minimum atomic E-state index is -0.145. The zero-order chi connectivity index (χ0) is 16.2. The maximum absolute atomic E-state index is 12.1. The van der Waals surface area contributed by atoms with Crippen LogP contribution in [0.1, 0.15) is 30.6 Å². The molecule has 1 atom stereocenters. The number of carbonyl (C=O) groups is 1. The molecule has 4 nitrogen and oxygen atoms in total. The lowest BCUT2D eigenvalue weighted by Crippen LogP contribution is -2.22. The van der Waals surface area contributed by atoms with Crippen LogP contribution in [0, 0.1) is 6.92 Å². The van der Waals surface area contributed by atoms with Crippen LogP contribution in [0.4, 0.5) is 11.4 Å². The second kappa shape index (κ2) is 6.75. The first kappa shape index (κ1) is 15.4. The molecule has 0 bridgehead atoms. The number of amides is 1. The number of aryl methyl sites for hydroxylation is 1. The Balaban J connectivity index is 1.62. The molecule has 0 aliphatic carbocycles. The fourth-order valence-electron chi connectivity index (χ4n) is 2.74. The van der Waals surface area contributed by atoms with Crippen molar-refractivity contribution in [3.8, 4) is 0 Å². The zero-order valence-corrected chi connectivity index (χ0v) is 13.4. The van der Waals surface area contributed by atoms with Gasteiger partial charge in [-0.2, -0.15) is 0 Å². The number of fused-ring (bicyclic) bond motifs is 1. The molecule has 2 aromatic carbocycles. The minimum absolute atomic E-state index is 0.0280. The van der Waals surface area contributed by atoms with Crippen LogP contribution < -0.4 is 5.32 Å². The van der Waals surface area contributed by atoms with Gasteiger partial charge in [0.2, 0.25) is 5.91 Å². The van der Waals surface area contributed by atoms with Gasteiger partial charge in [0.15, 0.2) is 0 Å². The first-order valence-electron chi connectivity index (χ1n) is 7.73. The quantitative estimate of drug-likeness (QED) is 0.921. The van der Waals surface area contributed by atoms with Crippen molar-refractivity contribution < 1.29 is 9.53 Å². The van der Waals surface area contributed by atoms with E-state index in [9.17, 15) is 4.79 Å². The summed E-state index contributed by atoms with van der Waals surface area (Å²) < 4.78 is 5.85. The number of hydrogen-bond acceptors (Lipinski definition) is 3. The first-order valence-corrected chi connectivity index (χ1v) is 7.73. The van der Waals surface area contributed by atoms with Crippen LogP contribution >= 0.6 is 0 Å². The summed E-state index contributed by atoms with van der Waals surface area (Å²) in [4.78, 5) is 16.6. The van der Waals surface area contributed by atoms with Crippen LogP contribution in [-0.4, -0.2) is 18.2 Å². The number of rotatable bonds is 4. The number of anilines is 1. The van der Waals surface area contributed by atoms with E-state index in [0.717, 1.165) is 34.6 Å². The van der Waals surface area contributed by atoms with Crippen molar-refractivity contribution in [2.45, 2.75) is 26.4 Å². The van der Waals surface area contributed by atoms with E-state index in [1.165, 1.54) is 0 Å². The van der Waals surface area contributed by atoms with Gasteiger partial charge in [-0.05, 0) is 37.6 Å². The summed E-state index contributed by atoms with van der Waals surface area (Å²) in [5.74, 6) is -0.145. The van der Waals surface area contributed by atoms with Crippen LogP contribution in [-0.2, 0) is 9.53 Å². The average molecular weight is 308 g/mol. The van der Waals surface area contributed by atoms with Crippen molar-refractivity contribution in [2.75, 3.05) is 11.9 Å². The molecule has 1 amide bonds. The van der Waals surface area contributed by atoms with Crippen LogP contribution in [0.3, 0.4) is 0 Å². The summed E-state index contributed by atoms with van der Waals surface area (Å²) in [6.07, 6.45) is 0.598. The SMILES string of the molecule is CC1=Nc2ccccc2[C@@H](OCC(=O)Nc2cccc(C)c2)C1. The van der Waals surface area contributed by atoms with Gasteiger partial charge >= 0.3 is 0 Å². The predicted octanol–water partition coefficient (Wildman–Crippen LogP) is 4.19. The molecule has 0 unspecified atom stereocenters. The highest BCUT2D eigenvalue weighted by Crippen LogP contribution is 2.34. The van der Waals surface area contributed by atoms with E-state index in [1.54, 1.807) is 0 Å². The third-order valence-corrected chi connectivity index (χ3v) is 3.79. The fraction of sp³-hybridized carbons (Fsp3) is 0.263. The maximum Gasteiger partial charge on any atom is 0.250 e. The van der Waals surface area contributed by atoms with Gasteiger partial charge in [-0.1, -0.05) is 30.3 Å². The van der Waals surface area contributed by atoms with Gasteiger partial charge in [0.1, 0.15) is 6.61 Å². The maximum atomic E-state index is 12.1. The Bertz CT molecular complexity index is 753. The summed E-state index contributed by atoms with van der Waals surface area (Å²) in [5, 5.41) is 2.86. The Kier molecular flexibility index (Phi) is 4.53. The second-order valence-corrected chi connectivity index (χ2v) is 5.83. The molecule has 3 rings (SSSR count). The minimum Gasteiger partial charge on any atom is -0.363 e. The highest BCUT2D eigenvalue weighted by molar-refractivity contribution is 5.92. The van der Waals surface area contributed by atoms with Crippen molar-refractivity contribution in [3.63, 3.8) is 0 Å². The monoisotopic (exact) mass is 308 g/mol. The number of nitrogens with zero attached hydrogens (tertiary/aromatic N) is 1. The van der Waals surface area contributed by atoms with E-state index in [2.05, 4.69) is 10.3 Å². The van der Waals surface area contributed by atoms with E-state index >= 15 is 0 Å². The smallest absolute Gasteiger partial charge is 0.250 e. The molecular weight excluding hydrogens is 288 g/mol. The van der Waals surface area contributed by atoms with E-state index in [4.69, 9.17) is 4.74 Å². The normalized spacial score (nSPS) is 16.4. The van der Waals surface area contributed by atoms with Crippen molar-refractivity contribution >= 4 is 23.0 Å². The lowest BCUT2D eigenvalue weighted by atomic mass is 9.99. The van der Waals surface area contributed by atoms with Crippen LogP contribution in [0.15, 0.2) is 53.5 Å². The zero-order valence-electron chi connectivity index (χ0n) is 13.4. The fourth-order valence-corrected chi connectivity index (χ4v) is 2.74. The summed E-state index contributed by atoms with van der Waals surface area (Å²) >= 11 is 0. The molecule has 0 aromatic heterocycles. The molecule has 1 N–H and O–H groups in total. The molecule has 0 radical (unpaired) electrons. The highest BCUT2D eigenvalue weighted by Gasteiger charge is 2.22. The average Bonchev–Trinajstić information content (AvgIpc) is 2.52. The number of benzene rings is 2. The van der Waals surface area contributed by atoms with Crippen LogP contribution in [0.5, 0.6) is 0 Å². The van der Waals surface area contributed by atoms with Crippen molar-refractivity contribution in [3.05, 3.63) is 59.7 Å². The second-order valence-electron chi connectivity index (χ2n) is 5.83. The van der Waals surface area contributed by atoms with Crippen LogP contribution in [0.25, 0.3) is 0 Å². The topological polar surface area (TPSA) is 50.7 Å². The van der Waals surface area contributed by atoms with Crippen molar-refractivity contribution in [1.82, 2.24) is 0 Å². The first-order chi connectivity index (χ1) is 11.1. The highest BCUT2D eigenvalue weighted by atomic mass is 16.5. The van der Waals surface area contributed by atoms with Gasteiger partial charge in [0.25, 0.3) is 0 Å². The van der Waals surface area contributed by atoms with Crippen LogP contribution in [0.2, 0.25) is 0 Å². The van der Waals surface area contributed by atoms with Gasteiger partial charge in [-0.3, -0.25) is 9.79 Å². The molecule has 0 saturated heterocycles. The molecule has 0 fully saturated rings. The third-order valence-electron chi connectivity index (χ3n) is 3.79. The molecule has 1 aliphatic rings. The lowest BCUT2D eigenvalue weighted by Gasteiger charge is -2.23. The Morgan fingerprint density at radius 2 is 2.04 bits per heavy atom. The van der Waals surface area contributed by atoms with E-state index < -0.39 is 0 Å². The molecule has 0 saturated carbocycles. The van der Waals surface area contributed by atoms with Gasteiger partial charge in [-0.15, -0.1) is 0 Å². The van der Waals surface area contributed by atoms with E-state index in [-0.39, 0.29) is 18.6 Å². The Labute approximate surface area is 136 Å². The molecule has 118 valence electrons. The Hall–Kier alpha value is -2.46. The number of carbonyl (C=O) groups excluding carboxylic acids is 1. The van der Waals surface area contributed by atoms with Gasteiger partial charge in [0, 0.05) is 23.4 Å². The molecule has 0 spiro atoms. The number of nitrogens with one attached hydrogen (secondary N) is 1. The third kappa shape index (κ3) is 3.85. The molecule has 1 heterocycles. The summed E-state index contributed by atoms with van der Waals surface area (Å²) in [6, 6.07) is 15.6. The standard InChI is InChI=1S/C19H20N2O2/c1-13-6-5-7-15(10-13)21-19(22)12-23-18-11-14(2)20-17-9-4-3-8-16(17)18/h3-10,18H,11-12H2,1-2H3,(H,21,22)/t18-/m0/s1. The van der Waals surface area contributed by atoms with Gasteiger partial charge < -0.3 is 10.1 Å². The summed E-state index contributed by atoms with van der Waals surface area (Å²) in [7, 11) is 0. The number of para-hydroxylation sites is 1. The largest absolute Gasteiger partial charge is 0.363 e. The van der Waals surface area contributed by atoms with E-state index in [0.29, 0.717) is 0 Å².